The molecular weight excluding hydrogens is 252 g/mol. The van der Waals surface area contributed by atoms with Gasteiger partial charge in [0.1, 0.15) is 0 Å². The molecule has 0 aromatic carbocycles. The molecule has 0 bridgehead atoms. The van der Waals surface area contributed by atoms with Crippen LogP contribution in [0, 0.1) is 0 Å². The van der Waals surface area contributed by atoms with E-state index in [0.29, 0.717) is 0 Å². The Bertz CT molecular complexity index is 316. The average Bonchev–Trinajstić information content (AvgIpc) is 2.56. The zero-order valence-corrected chi connectivity index (χ0v) is 12.3. The fraction of sp³-hybridized carbons (Fsp3) is 1.00. The molecule has 18 heavy (non-hydrogen) atoms. The van der Waals surface area contributed by atoms with E-state index in [1.807, 2.05) is 0 Å². The number of aliphatic hydroxyl groups is 1. The third kappa shape index (κ3) is 5.24. The first-order chi connectivity index (χ1) is 8.43. The molecule has 0 amide bonds. The van der Waals surface area contributed by atoms with Gasteiger partial charge in [0.05, 0.1) is 29.8 Å². The maximum absolute atomic E-state index is 11.8. The summed E-state index contributed by atoms with van der Waals surface area (Å²) in [6.45, 7) is 3.31. The number of hydrogen-bond acceptors (Lipinski definition) is 4. The van der Waals surface area contributed by atoms with Gasteiger partial charge in [0.15, 0.2) is 9.84 Å². The molecule has 1 rings (SSSR count). The quantitative estimate of drug-likeness (QED) is 0.754. The van der Waals surface area contributed by atoms with Crippen molar-refractivity contribution in [2.24, 2.45) is 0 Å². The second-order valence-corrected chi connectivity index (χ2v) is 7.77. The average molecular weight is 278 g/mol. The van der Waals surface area contributed by atoms with E-state index in [4.69, 9.17) is 4.74 Å². The summed E-state index contributed by atoms with van der Waals surface area (Å²) in [5.74, 6) is 0.00949. The summed E-state index contributed by atoms with van der Waals surface area (Å²) in [4.78, 5) is 0. The van der Waals surface area contributed by atoms with Crippen LogP contribution in [0.4, 0.5) is 0 Å². The molecule has 1 fully saturated rings. The third-order valence-electron chi connectivity index (χ3n) is 3.77. The zero-order valence-electron chi connectivity index (χ0n) is 11.5. The molecule has 1 saturated carbocycles. The Morgan fingerprint density at radius 3 is 2.22 bits per heavy atom. The van der Waals surface area contributed by atoms with Crippen molar-refractivity contribution in [1.29, 1.82) is 0 Å². The Hall–Kier alpha value is -0.130. The van der Waals surface area contributed by atoms with Crippen molar-refractivity contribution in [1.82, 2.24) is 0 Å². The van der Waals surface area contributed by atoms with E-state index in [9.17, 15) is 13.5 Å². The summed E-state index contributed by atoms with van der Waals surface area (Å²) >= 11 is 0. The number of aliphatic hydroxyl groups excluding tert-OH is 1. The van der Waals surface area contributed by atoms with Crippen LogP contribution in [-0.4, -0.2) is 43.3 Å². The van der Waals surface area contributed by atoms with E-state index in [1.165, 1.54) is 32.6 Å². The van der Waals surface area contributed by atoms with Gasteiger partial charge in [0.2, 0.25) is 0 Å². The number of hydrogen-bond donors (Lipinski definition) is 1. The standard InChI is InChI=1S/C13H26O4S/c1-11(14)12(2)18(15,16)10-9-17-13-7-5-3-4-6-8-13/h11-14H,3-10H2,1-2H3/t11-,12-/m1/s1. The highest BCUT2D eigenvalue weighted by atomic mass is 32.2. The van der Waals surface area contributed by atoms with Crippen LogP contribution in [0.15, 0.2) is 0 Å². The molecule has 0 heterocycles. The summed E-state index contributed by atoms with van der Waals surface area (Å²) in [7, 11) is -3.24. The lowest BCUT2D eigenvalue weighted by molar-refractivity contribution is 0.0534. The molecule has 1 N–H and O–H groups in total. The molecule has 2 atom stereocenters. The largest absolute Gasteiger partial charge is 0.392 e. The van der Waals surface area contributed by atoms with Crippen molar-refractivity contribution >= 4 is 9.84 Å². The molecule has 0 spiro atoms. The van der Waals surface area contributed by atoms with Crippen LogP contribution >= 0.6 is 0 Å². The first-order valence-corrected chi connectivity index (χ1v) is 8.66. The van der Waals surface area contributed by atoms with Crippen LogP contribution in [0.25, 0.3) is 0 Å². The molecule has 1 aliphatic carbocycles. The van der Waals surface area contributed by atoms with Crippen LogP contribution in [0.2, 0.25) is 0 Å². The first kappa shape index (κ1) is 15.9. The van der Waals surface area contributed by atoms with Gasteiger partial charge >= 0.3 is 0 Å². The van der Waals surface area contributed by atoms with Gasteiger partial charge < -0.3 is 9.84 Å². The van der Waals surface area contributed by atoms with Crippen LogP contribution in [0.3, 0.4) is 0 Å². The smallest absolute Gasteiger partial charge is 0.157 e. The summed E-state index contributed by atoms with van der Waals surface area (Å²) < 4.78 is 29.4. The molecule has 108 valence electrons. The Morgan fingerprint density at radius 1 is 1.17 bits per heavy atom. The molecule has 4 nitrogen and oxygen atoms in total. The zero-order chi connectivity index (χ0) is 13.6. The van der Waals surface area contributed by atoms with Gasteiger partial charge in [-0.05, 0) is 26.7 Å². The fourth-order valence-corrected chi connectivity index (χ4v) is 3.53. The third-order valence-corrected chi connectivity index (χ3v) is 6.03. The van der Waals surface area contributed by atoms with Crippen LogP contribution in [-0.2, 0) is 14.6 Å². The Balaban J connectivity index is 2.31. The lowest BCUT2D eigenvalue weighted by Gasteiger charge is -2.18. The fourth-order valence-electron chi connectivity index (χ4n) is 2.23. The topological polar surface area (TPSA) is 63.6 Å². The molecule has 0 saturated heterocycles. The van der Waals surface area contributed by atoms with E-state index in [2.05, 4.69) is 0 Å². The highest BCUT2D eigenvalue weighted by molar-refractivity contribution is 7.92. The van der Waals surface area contributed by atoms with Gasteiger partial charge in [-0.3, -0.25) is 0 Å². The minimum Gasteiger partial charge on any atom is -0.392 e. The molecule has 5 heteroatoms. The van der Waals surface area contributed by atoms with Crippen molar-refractivity contribution in [2.45, 2.75) is 69.8 Å². The SMILES string of the molecule is C[C@H]([C@@H](C)O)S(=O)(=O)CCOC1CCCCCC1. The lowest BCUT2D eigenvalue weighted by atomic mass is 10.1. The molecule has 0 unspecified atom stereocenters. The second kappa shape index (κ2) is 7.46. The number of sulfone groups is 1. The molecule has 0 aromatic heterocycles. The molecule has 0 radical (unpaired) electrons. The highest BCUT2D eigenvalue weighted by Gasteiger charge is 2.25. The van der Waals surface area contributed by atoms with Crippen LogP contribution in [0.5, 0.6) is 0 Å². The van der Waals surface area contributed by atoms with Gasteiger partial charge in [-0.25, -0.2) is 8.42 Å². The maximum Gasteiger partial charge on any atom is 0.157 e. The number of rotatable bonds is 6. The minimum absolute atomic E-state index is 0.00949. The molecule has 1 aliphatic rings. The van der Waals surface area contributed by atoms with Gasteiger partial charge in [0, 0.05) is 0 Å². The summed E-state index contributed by atoms with van der Waals surface area (Å²) in [5.41, 5.74) is 0. The Labute approximate surface area is 111 Å². The molecular formula is C13H26O4S. The Morgan fingerprint density at radius 2 is 1.72 bits per heavy atom. The van der Waals surface area contributed by atoms with Crippen molar-refractivity contribution < 1.29 is 18.3 Å². The molecule has 0 aliphatic heterocycles. The maximum atomic E-state index is 11.8. The highest BCUT2D eigenvalue weighted by Crippen LogP contribution is 2.20. The summed E-state index contributed by atoms with van der Waals surface area (Å²) in [6, 6.07) is 0. The predicted molar refractivity (Wildman–Crippen MR) is 72.4 cm³/mol. The molecule has 0 aromatic rings. The Kier molecular flexibility index (Phi) is 6.60. The van der Waals surface area contributed by atoms with E-state index in [1.54, 1.807) is 6.92 Å². The van der Waals surface area contributed by atoms with E-state index in [0.717, 1.165) is 12.8 Å². The van der Waals surface area contributed by atoms with Crippen molar-refractivity contribution in [3.63, 3.8) is 0 Å². The van der Waals surface area contributed by atoms with Crippen molar-refractivity contribution in [2.75, 3.05) is 12.4 Å². The van der Waals surface area contributed by atoms with Gasteiger partial charge in [0.25, 0.3) is 0 Å². The van der Waals surface area contributed by atoms with E-state index >= 15 is 0 Å². The van der Waals surface area contributed by atoms with Crippen molar-refractivity contribution in [3.05, 3.63) is 0 Å². The lowest BCUT2D eigenvalue weighted by Crippen LogP contribution is -2.32. The van der Waals surface area contributed by atoms with E-state index < -0.39 is 21.2 Å². The monoisotopic (exact) mass is 278 g/mol. The van der Waals surface area contributed by atoms with Gasteiger partial charge in [-0.1, -0.05) is 25.7 Å². The summed E-state index contributed by atoms with van der Waals surface area (Å²) in [6.07, 6.45) is 6.38. The van der Waals surface area contributed by atoms with Crippen molar-refractivity contribution in [3.8, 4) is 0 Å². The predicted octanol–water partition coefficient (Wildman–Crippen LogP) is 1.91. The normalized spacial score (nSPS) is 22.4. The van der Waals surface area contributed by atoms with Gasteiger partial charge in [-0.2, -0.15) is 0 Å². The summed E-state index contributed by atoms with van der Waals surface area (Å²) in [5, 5.41) is 8.61. The second-order valence-electron chi connectivity index (χ2n) is 5.30. The van der Waals surface area contributed by atoms with Crippen LogP contribution in [0.1, 0.15) is 52.4 Å². The first-order valence-electron chi connectivity index (χ1n) is 6.94. The minimum atomic E-state index is -3.24. The number of ether oxygens (including phenoxy) is 1. The van der Waals surface area contributed by atoms with Crippen LogP contribution < -0.4 is 0 Å². The van der Waals surface area contributed by atoms with E-state index in [-0.39, 0.29) is 18.5 Å². The van der Waals surface area contributed by atoms with Gasteiger partial charge in [-0.15, -0.1) is 0 Å².